The van der Waals surface area contributed by atoms with E-state index in [1.54, 1.807) is 12.1 Å². The molecule has 1 aromatic heterocycles. The Balaban J connectivity index is 1.38. The summed E-state index contributed by atoms with van der Waals surface area (Å²) in [6, 6.07) is 24.7. The van der Waals surface area contributed by atoms with Crippen molar-refractivity contribution < 1.29 is 9.53 Å². The van der Waals surface area contributed by atoms with E-state index in [0.717, 1.165) is 36.2 Å². The number of unbranched alkanes of at least 4 members (excludes halogenated alkanes) is 1. The van der Waals surface area contributed by atoms with Crippen LogP contribution in [-0.2, 0) is 13.1 Å². The fourth-order valence-electron chi connectivity index (χ4n) is 3.48. The number of benzene rings is 3. The number of rotatable bonds is 9. The van der Waals surface area contributed by atoms with Gasteiger partial charge in [-0.25, -0.2) is 4.98 Å². The molecule has 3 aromatic carbocycles. The van der Waals surface area contributed by atoms with Gasteiger partial charge in [0.25, 0.3) is 5.91 Å². The summed E-state index contributed by atoms with van der Waals surface area (Å²) in [6.07, 6.45) is 1.80. The molecule has 0 saturated carbocycles. The molecule has 0 bridgehead atoms. The minimum Gasteiger partial charge on any atom is -0.492 e. The van der Waals surface area contributed by atoms with Crippen LogP contribution >= 0.6 is 11.6 Å². The molecule has 0 spiro atoms. The maximum absolute atomic E-state index is 12.4. The van der Waals surface area contributed by atoms with Gasteiger partial charge in [-0.1, -0.05) is 54.1 Å². The van der Waals surface area contributed by atoms with Gasteiger partial charge in [-0.2, -0.15) is 0 Å². The normalized spacial score (nSPS) is 10.9. The molecule has 0 saturated heterocycles. The van der Waals surface area contributed by atoms with Crippen LogP contribution in [0.15, 0.2) is 78.9 Å². The molecule has 0 fully saturated rings. The van der Waals surface area contributed by atoms with Crippen molar-refractivity contribution in [1.29, 1.82) is 0 Å². The molecule has 158 valence electrons. The summed E-state index contributed by atoms with van der Waals surface area (Å²) in [6.45, 7) is 1.76. The second kappa shape index (κ2) is 10.1. The zero-order chi connectivity index (χ0) is 21.5. The number of amides is 1. The highest BCUT2D eigenvalue weighted by molar-refractivity contribution is 6.32. The van der Waals surface area contributed by atoms with E-state index in [-0.39, 0.29) is 5.91 Å². The van der Waals surface area contributed by atoms with Gasteiger partial charge in [0.15, 0.2) is 0 Å². The molecule has 1 N–H and O–H groups in total. The van der Waals surface area contributed by atoms with E-state index >= 15 is 0 Å². The van der Waals surface area contributed by atoms with Crippen molar-refractivity contribution in [3.63, 3.8) is 0 Å². The standard InChI is InChI=1S/C25H24ClN3O2/c26-20-12-4-7-15-23(20)31-17-9-8-16-29-22-14-6-5-13-21(22)28-24(29)18-27-25(30)19-10-2-1-3-11-19/h1-7,10-15H,8-9,16-18H2,(H,27,30). The molecule has 0 aliphatic heterocycles. The van der Waals surface area contributed by atoms with Crippen molar-refractivity contribution in [2.75, 3.05) is 6.61 Å². The highest BCUT2D eigenvalue weighted by Crippen LogP contribution is 2.23. The number of fused-ring (bicyclic) bond motifs is 1. The van der Waals surface area contributed by atoms with Crippen molar-refractivity contribution in [1.82, 2.24) is 14.9 Å². The second-order valence-electron chi connectivity index (χ2n) is 7.20. The van der Waals surface area contributed by atoms with E-state index in [0.29, 0.717) is 29.5 Å². The fourth-order valence-corrected chi connectivity index (χ4v) is 3.67. The smallest absolute Gasteiger partial charge is 0.251 e. The van der Waals surface area contributed by atoms with Crippen molar-refractivity contribution in [3.05, 3.63) is 95.3 Å². The van der Waals surface area contributed by atoms with Crippen LogP contribution in [0, 0.1) is 0 Å². The number of nitrogens with zero attached hydrogens (tertiary/aromatic N) is 2. The SMILES string of the molecule is O=C(NCc1nc2ccccc2n1CCCCOc1ccccc1Cl)c1ccccc1. The monoisotopic (exact) mass is 433 g/mol. The third-order valence-electron chi connectivity index (χ3n) is 5.05. The van der Waals surface area contributed by atoms with Crippen LogP contribution < -0.4 is 10.1 Å². The Bertz CT molecular complexity index is 1160. The van der Waals surface area contributed by atoms with Gasteiger partial charge < -0.3 is 14.6 Å². The van der Waals surface area contributed by atoms with Crippen LogP contribution in [0.5, 0.6) is 5.75 Å². The Morgan fingerprint density at radius 1 is 0.935 bits per heavy atom. The number of ether oxygens (including phenoxy) is 1. The lowest BCUT2D eigenvalue weighted by atomic mass is 10.2. The summed E-state index contributed by atoms with van der Waals surface area (Å²) in [5, 5.41) is 3.61. The van der Waals surface area contributed by atoms with Crippen LogP contribution in [0.4, 0.5) is 0 Å². The molecule has 6 heteroatoms. The lowest BCUT2D eigenvalue weighted by Gasteiger charge is -2.11. The Kier molecular flexibility index (Phi) is 6.85. The number of hydrogen-bond acceptors (Lipinski definition) is 3. The number of imidazole rings is 1. The van der Waals surface area contributed by atoms with Gasteiger partial charge in [-0.05, 0) is 49.2 Å². The molecular formula is C25H24ClN3O2. The first-order valence-electron chi connectivity index (χ1n) is 10.4. The topological polar surface area (TPSA) is 56.2 Å². The molecule has 4 rings (SSSR count). The third kappa shape index (κ3) is 5.25. The van der Waals surface area contributed by atoms with Gasteiger partial charge in [-0.3, -0.25) is 4.79 Å². The van der Waals surface area contributed by atoms with Crippen molar-refractivity contribution >= 4 is 28.5 Å². The summed E-state index contributed by atoms with van der Waals surface area (Å²) in [7, 11) is 0. The van der Waals surface area contributed by atoms with Crippen LogP contribution in [0.2, 0.25) is 5.02 Å². The van der Waals surface area contributed by atoms with E-state index in [9.17, 15) is 4.79 Å². The second-order valence-corrected chi connectivity index (χ2v) is 7.61. The Hall–Kier alpha value is -3.31. The van der Waals surface area contributed by atoms with E-state index in [2.05, 4.69) is 16.0 Å². The molecule has 1 heterocycles. The molecule has 0 radical (unpaired) electrons. The first-order valence-corrected chi connectivity index (χ1v) is 10.7. The number of carbonyl (C=O) groups is 1. The van der Waals surface area contributed by atoms with Gasteiger partial charge in [0, 0.05) is 12.1 Å². The fraction of sp³-hybridized carbons (Fsp3) is 0.200. The predicted octanol–water partition coefficient (Wildman–Crippen LogP) is 5.48. The number of halogens is 1. The van der Waals surface area contributed by atoms with Crippen LogP contribution in [0.1, 0.15) is 29.0 Å². The molecule has 0 unspecified atom stereocenters. The lowest BCUT2D eigenvalue weighted by Crippen LogP contribution is -2.24. The summed E-state index contributed by atoms with van der Waals surface area (Å²) >= 11 is 6.14. The molecule has 1 amide bonds. The van der Waals surface area contributed by atoms with Gasteiger partial charge in [0.1, 0.15) is 11.6 Å². The molecular weight excluding hydrogens is 410 g/mol. The summed E-state index contributed by atoms with van der Waals surface area (Å²) < 4.78 is 7.96. The Morgan fingerprint density at radius 3 is 2.52 bits per heavy atom. The quantitative estimate of drug-likeness (QED) is 0.355. The van der Waals surface area contributed by atoms with Crippen LogP contribution in [0.25, 0.3) is 11.0 Å². The van der Waals surface area contributed by atoms with E-state index in [1.807, 2.05) is 60.7 Å². The first-order chi connectivity index (χ1) is 15.2. The van der Waals surface area contributed by atoms with E-state index < -0.39 is 0 Å². The molecule has 0 aliphatic carbocycles. The van der Waals surface area contributed by atoms with Crippen LogP contribution in [-0.4, -0.2) is 22.1 Å². The highest BCUT2D eigenvalue weighted by atomic mass is 35.5. The minimum atomic E-state index is -0.104. The number of carbonyl (C=O) groups excluding carboxylic acids is 1. The third-order valence-corrected chi connectivity index (χ3v) is 5.36. The lowest BCUT2D eigenvalue weighted by molar-refractivity contribution is 0.0949. The molecule has 0 aliphatic rings. The van der Waals surface area contributed by atoms with Gasteiger partial charge in [0.05, 0.1) is 29.2 Å². The number of aromatic nitrogens is 2. The van der Waals surface area contributed by atoms with Crippen molar-refractivity contribution in [2.45, 2.75) is 25.9 Å². The molecule has 5 nitrogen and oxygen atoms in total. The molecule has 31 heavy (non-hydrogen) atoms. The van der Waals surface area contributed by atoms with Gasteiger partial charge >= 0.3 is 0 Å². The number of hydrogen-bond donors (Lipinski definition) is 1. The average Bonchev–Trinajstić information content (AvgIpc) is 3.16. The zero-order valence-corrected chi connectivity index (χ0v) is 17.9. The number of nitrogens with one attached hydrogen (secondary N) is 1. The summed E-state index contributed by atoms with van der Waals surface area (Å²) in [5.74, 6) is 1.45. The first kappa shape index (κ1) is 20.9. The Labute approximate surface area is 186 Å². The number of para-hydroxylation sites is 3. The van der Waals surface area contributed by atoms with Crippen molar-refractivity contribution in [2.24, 2.45) is 0 Å². The zero-order valence-electron chi connectivity index (χ0n) is 17.1. The maximum atomic E-state index is 12.4. The van der Waals surface area contributed by atoms with Gasteiger partial charge in [-0.15, -0.1) is 0 Å². The average molecular weight is 434 g/mol. The molecule has 0 atom stereocenters. The predicted molar refractivity (Wildman–Crippen MR) is 124 cm³/mol. The minimum absolute atomic E-state index is 0.104. The summed E-state index contributed by atoms with van der Waals surface area (Å²) in [5.41, 5.74) is 2.64. The van der Waals surface area contributed by atoms with E-state index in [1.165, 1.54) is 0 Å². The van der Waals surface area contributed by atoms with Crippen molar-refractivity contribution in [3.8, 4) is 5.75 Å². The Morgan fingerprint density at radius 2 is 1.68 bits per heavy atom. The highest BCUT2D eigenvalue weighted by Gasteiger charge is 2.12. The van der Waals surface area contributed by atoms with Gasteiger partial charge in [0.2, 0.25) is 0 Å². The number of aryl methyl sites for hydroxylation is 1. The largest absolute Gasteiger partial charge is 0.492 e. The summed E-state index contributed by atoms with van der Waals surface area (Å²) in [4.78, 5) is 17.2. The van der Waals surface area contributed by atoms with E-state index in [4.69, 9.17) is 21.3 Å². The van der Waals surface area contributed by atoms with Crippen LogP contribution in [0.3, 0.4) is 0 Å². The maximum Gasteiger partial charge on any atom is 0.251 e. The molecule has 4 aromatic rings.